The summed E-state index contributed by atoms with van der Waals surface area (Å²) in [6, 6.07) is 12.3. The van der Waals surface area contributed by atoms with Gasteiger partial charge in [-0.05, 0) is 25.5 Å². The molecule has 0 bridgehead atoms. The summed E-state index contributed by atoms with van der Waals surface area (Å²) in [5, 5.41) is 13.3. The van der Waals surface area contributed by atoms with Gasteiger partial charge < -0.3 is 15.2 Å². The number of nitrogens with one attached hydrogen (secondary N) is 1. The van der Waals surface area contributed by atoms with Gasteiger partial charge >= 0.3 is 0 Å². The van der Waals surface area contributed by atoms with E-state index in [1.165, 1.54) is 13.2 Å². The summed E-state index contributed by atoms with van der Waals surface area (Å²) in [4.78, 5) is 0. The molecule has 2 rings (SSSR count). The van der Waals surface area contributed by atoms with Crippen LogP contribution in [0.5, 0.6) is 5.75 Å². The molecule has 22 heavy (non-hydrogen) atoms. The highest BCUT2D eigenvalue weighted by Gasteiger charge is 2.14. The van der Waals surface area contributed by atoms with E-state index in [2.05, 4.69) is 5.32 Å². The van der Waals surface area contributed by atoms with Crippen LogP contribution < -0.4 is 10.1 Å². The van der Waals surface area contributed by atoms with Crippen molar-refractivity contribution in [3.8, 4) is 5.75 Å². The van der Waals surface area contributed by atoms with Crippen molar-refractivity contribution in [1.29, 1.82) is 0 Å². The first kappa shape index (κ1) is 16.5. The van der Waals surface area contributed by atoms with Crippen molar-refractivity contribution in [2.75, 3.05) is 13.7 Å². The lowest BCUT2D eigenvalue weighted by molar-refractivity contribution is 0.170. The maximum Gasteiger partial charge on any atom is 0.131 e. The van der Waals surface area contributed by atoms with Crippen LogP contribution in [0.25, 0.3) is 0 Å². The van der Waals surface area contributed by atoms with E-state index in [0.29, 0.717) is 17.9 Å². The molecule has 2 atom stereocenters. The molecule has 0 aliphatic carbocycles. The molecule has 2 N–H and O–H groups in total. The third kappa shape index (κ3) is 4.06. The summed E-state index contributed by atoms with van der Waals surface area (Å²) in [7, 11) is 1.51. The van der Waals surface area contributed by atoms with Crippen molar-refractivity contribution in [3.05, 3.63) is 65.0 Å². The fourth-order valence-corrected chi connectivity index (χ4v) is 2.29. The van der Waals surface area contributed by atoms with E-state index in [9.17, 15) is 9.50 Å². The third-order valence-corrected chi connectivity index (χ3v) is 3.75. The van der Waals surface area contributed by atoms with Gasteiger partial charge in [0.05, 0.1) is 13.2 Å². The largest absolute Gasteiger partial charge is 0.497 e. The summed E-state index contributed by atoms with van der Waals surface area (Å²) in [5.41, 5.74) is 2.55. The van der Waals surface area contributed by atoms with E-state index in [0.717, 1.165) is 11.1 Å². The van der Waals surface area contributed by atoms with Crippen LogP contribution in [0.2, 0.25) is 0 Å². The molecule has 0 amide bonds. The summed E-state index contributed by atoms with van der Waals surface area (Å²) >= 11 is 0. The van der Waals surface area contributed by atoms with E-state index >= 15 is 0 Å². The zero-order chi connectivity index (χ0) is 16.1. The van der Waals surface area contributed by atoms with Gasteiger partial charge in [0.1, 0.15) is 11.6 Å². The monoisotopic (exact) mass is 303 g/mol. The average Bonchev–Trinajstić information content (AvgIpc) is 2.52. The molecule has 2 aromatic carbocycles. The number of hydrogen-bond donors (Lipinski definition) is 2. The highest BCUT2D eigenvalue weighted by atomic mass is 19.1. The molecule has 0 aromatic heterocycles. The van der Waals surface area contributed by atoms with Gasteiger partial charge in [0, 0.05) is 24.2 Å². The zero-order valence-electron chi connectivity index (χ0n) is 13.1. The highest BCUT2D eigenvalue weighted by molar-refractivity contribution is 5.30. The highest BCUT2D eigenvalue weighted by Crippen LogP contribution is 2.22. The van der Waals surface area contributed by atoms with Gasteiger partial charge in [-0.25, -0.2) is 4.39 Å². The standard InChI is InChI=1S/C18H22FNO2/c1-12-4-6-14(7-5-12)18(21)11-20-13(2)16-9-8-15(22-3)10-17(16)19/h4-10,13,18,20-21H,11H2,1-3H3. The number of halogens is 1. The second-order valence-corrected chi connectivity index (χ2v) is 5.44. The summed E-state index contributed by atoms with van der Waals surface area (Å²) in [6.45, 7) is 4.23. The Morgan fingerprint density at radius 3 is 2.45 bits per heavy atom. The Bertz CT molecular complexity index is 613. The van der Waals surface area contributed by atoms with Crippen LogP contribution >= 0.6 is 0 Å². The number of rotatable bonds is 6. The molecule has 0 spiro atoms. The predicted octanol–water partition coefficient (Wildman–Crippen LogP) is 3.53. The van der Waals surface area contributed by atoms with Gasteiger partial charge in [-0.3, -0.25) is 0 Å². The van der Waals surface area contributed by atoms with Gasteiger partial charge in [0.15, 0.2) is 0 Å². The van der Waals surface area contributed by atoms with Crippen LogP contribution in [0, 0.1) is 12.7 Å². The minimum atomic E-state index is -0.621. The van der Waals surface area contributed by atoms with Crippen molar-refractivity contribution in [2.24, 2.45) is 0 Å². The molecule has 0 heterocycles. The first-order valence-electron chi connectivity index (χ1n) is 7.32. The SMILES string of the molecule is COc1ccc(C(C)NCC(O)c2ccc(C)cc2)c(F)c1. The van der Waals surface area contributed by atoms with E-state index in [-0.39, 0.29) is 11.9 Å². The smallest absolute Gasteiger partial charge is 0.131 e. The summed E-state index contributed by atoms with van der Waals surface area (Å²) in [5.74, 6) is 0.178. The van der Waals surface area contributed by atoms with E-state index < -0.39 is 6.10 Å². The van der Waals surface area contributed by atoms with Crippen LogP contribution in [-0.2, 0) is 0 Å². The minimum absolute atomic E-state index is 0.203. The number of aryl methyl sites for hydroxylation is 1. The Morgan fingerprint density at radius 2 is 1.86 bits per heavy atom. The quantitative estimate of drug-likeness (QED) is 0.858. The average molecular weight is 303 g/mol. The topological polar surface area (TPSA) is 41.5 Å². The van der Waals surface area contributed by atoms with Gasteiger partial charge in [-0.1, -0.05) is 35.9 Å². The molecular weight excluding hydrogens is 281 g/mol. The number of aliphatic hydroxyl groups excluding tert-OH is 1. The van der Waals surface area contributed by atoms with Gasteiger partial charge in [0.25, 0.3) is 0 Å². The molecule has 118 valence electrons. The minimum Gasteiger partial charge on any atom is -0.497 e. The van der Waals surface area contributed by atoms with E-state index in [4.69, 9.17) is 4.74 Å². The van der Waals surface area contributed by atoms with Crippen molar-refractivity contribution < 1.29 is 14.2 Å². The molecule has 4 heteroatoms. The lowest BCUT2D eigenvalue weighted by Gasteiger charge is -2.18. The van der Waals surface area contributed by atoms with Gasteiger partial charge in [-0.15, -0.1) is 0 Å². The van der Waals surface area contributed by atoms with Crippen molar-refractivity contribution in [2.45, 2.75) is 26.0 Å². The fraction of sp³-hybridized carbons (Fsp3) is 0.333. The molecule has 0 radical (unpaired) electrons. The predicted molar refractivity (Wildman–Crippen MR) is 85.5 cm³/mol. The molecule has 2 aromatic rings. The number of hydrogen-bond acceptors (Lipinski definition) is 3. The van der Waals surface area contributed by atoms with Crippen LogP contribution in [-0.4, -0.2) is 18.8 Å². The first-order chi connectivity index (χ1) is 10.5. The Morgan fingerprint density at radius 1 is 1.18 bits per heavy atom. The molecule has 0 saturated heterocycles. The normalized spacial score (nSPS) is 13.7. The number of benzene rings is 2. The Labute approximate surface area is 130 Å². The zero-order valence-corrected chi connectivity index (χ0v) is 13.1. The van der Waals surface area contributed by atoms with Crippen molar-refractivity contribution >= 4 is 0 Å². The van der Waals surface area contributed by atoms with Crippen molar-refractivity contribution in [1.82, 2.24) is 5.32 Å². The van der Waals surface area contributed by atoms with Crippen LogP contribution in [0.4, 0.5) is 4.39 Å². The lowest BCUT2D eigenvalue weighted by atomic mass is 10.1. The maximum atomic E-state index is 14.0. The van der Waals surface area contributed by atoms with E-state index in [1.807, 2.05) is 38.1 Å². The molecule has 0 fully saturated rings. The van der Waals surface area contributed by atoms with Gasteiger partial charge in [0.2, 0.25) is 0 Å². The third-order valence-electron chi connectivity index (χ3n) is 3.75. The molecule has 0 aliphatic heterocycles. The first-order valence-corrected chi connectivity index (χ1v) is 7.32. The van der Waals surface area contributed by atoms with Crippen LogP contribution in [0.15, 0.2) is 42.5 Å². The van der Waals surface area contributed by atoms with Crippen LogP contribution in [0.1, 0.15) is 35.8 Å². The lowest BCUT2D eigenvalue weighted by Crippen LogP contribution is -2.25. The molecule has 0 saturated carbocycles. The fourth-order valence-electron chi connectivity index (χ4n) is 2.29. The molecule has 2 unspecified atom stereocenters. The van der Waals surface area contributed by atoms with E-state index in [1.54, 1.807) is 12.1 Å². The Hall–Kier alpha value is -1.91. The summed E-state index contributed by atoms with van der Waals surface area (Å²) in [6.07, 6.45) is -0.621. The molecule has 0 aliphatic rings. The Kier molecular flexibility index (Phi) is 5.52. The molecule has 3 nitrogen and oxygen atoms in total. The summed E-state index contributed by atoms with van der Waals surface area (Å²) < 4.78 is 19.0. The second kappa shape index (κ2) is 7.38. The van der Waals surface area contributed by atoms with Crippen molar-refractivity contribution in [3.63, 3.8) is 0 Å². The maximum absolute atomic E-state index is 14.0. The molecular formula is C18H22FNO2. The van der Waals surface area contributed by atoms with Crippen LogP contribution in [0.3, 0.4) is 0 Å². The second-order valence-electron chi connectivity index (χ2n) is 5.44. The number of methoxy groups -OCH3 is 1. The Balaban J connectivity index is 1.97. The number of ether oxygens (including phenoxy) is 1. The number of aliphatic hydroxyl groups is 1. The van der Waals surface area contributed by atoms with Gasteiger partial charge in [-0.2, -0.15) is 0 Å².